The minimum atomic E-state index is -3.77. The number of nitrogens with one attached hydrogen (secondary N) is 1. The zero-order chi connectivity index (χ0) is 45.0. The van der Waals surface area contributed by atoms with E-state index in [9.17, 15) is 13.2 Å². The zero-order valence-corrected chi connectivity index (χ0v) is 37.7. The summed E-state index contributed by atoms with van der Waals surface area (Å²) in [5, 5.41) is 2.80. The number of ether oxygens (including phenoxy) is 12. The van der Waals surface area contributed by atoms with Gasteiger partial charge in [0.1, 0.15) is 6.61 Å². The van der Waals surface area contributed by atoms with Crippen molar-refractivity contribution in [3.63, 3.8) is 0 Å². The second-order valence-electron chi connectivity index (χ2n) is 13.9. The highest BCUT2D eigenvalue weighted by Crippen LogP contribution is 2.44. The van der Waals surface area contributed by atoms with Gasteiger partial charge in [-0.3, -0.25) is 4.18 Å². The molecule has 0 saturated carbocycles. The van der Waals surface area contributed by atoms with Gasteiger partial charge in [0.15, 0.2) is 0 Å². The summed E-state index contributed by atoms with van der Waals surface area (Å²) in [6, 6.07) is 24.5. The summed E-state index contributed by atoms with van der Waals surface area (Å²) < 4.78 is 94.9. The van der Waals surface area contributed by atoms with Crippen molar-refractivity contribution in [3.05, 3.63) is 90.0 Å². The second kappa shape index (κ2) is 34.7. The van der Waals surface area contributed by atoms with Gasteiger partial charge in [-0.1, -0.05) is 66.7 Å². The van der Waals surface area contributed by atoms with Crippen LogP contribution in [0.15, 0.2) is 83.8 Å². The van der Waals surface area contributed by atoms with E-state index in [2.05, 4.69) is 29.6 Å². The van der Waals surface area contributed by atoms with Crippen molar-refractivity contribution in [3.8, 4) is 11.1 Å². The molecule has 1 aliphatic rings. The molecule has 0 atom stereocenters. The minimum absolute atomic E-state index is 0.0417. The Morgan fingerprint density at radius 1 is 0.422 bits per heavy atom. The lowest BCUT2D eigenvalue weighted by Crippen LogP contribution is -2.27. The highest BCUT2D eigenvalue weighted by atomic mass is 32.2. The van der Waals surface area contributed by atoms with Gasteiger partial charge in [-0.15, -0.1) is 0 Å². The Kier molecular flexibility index (Phi) is 28.8. The first-order valence-corrected chi connectivity index (χ1v) is 23.4. The summed E-state index contributed by atoms with van der Waals surface area (Å²) in [6.07, 6.45) is 0.253. The van der Waals surface area contributed by atoms with Crippen molar-refractivity contribution in [1.82, 2.24) is 5.32 Å². The third kappa shape index (κ3) is 23.0. The van der Waals surface area contributed by atoms with Crippen LogP contribution < -0.4 is 5.32 Å². The van der Waals surface area contributed by atoms with Gasteiger partial charge in [0.25, 0.3) is 10.1 Å². The van der Waals surface area contributed by atoms with E-state index in [1.54, 1.807) is 18.2 Å². The third-order valence-electron chi connectivity index (χ3n) is 9.30. The molecule has 18 heteroatoms. The minimum Gasteiger partial charge on any atom is -0.449 e. The van der Waals surface area contributed by atoms with Crippen LogP contribution in [0.2, 0.25) is 0 Å². The molecule has 0 heterocycles. The molecule has 0 aromatic heterocycles. The zero-order valence-electron chi connectivity index (χ0n) is 36.9. The van der Waals surface area contributed by atoms with Gasteiger partial charge in [0.05, 0.1) is 150 Å². The predicted molar refractivity (Wildman–Crippen MR) is 236 cm³/mol. The highest BCUT2D eigenvalue weighted by Gasteiger charge is 2.29. The third-order valence-corrected chi connectivity index (χ3v) is 10.6. The lowest BCUT2D eigenvalue weighted by atomic mass is 9.98. The monoisotopic (exact) mass is 921 g/mol. The van der Waals surface area contributed by atoms with E-state index >= 15 is 0 Å². The molecule has 0 fully saturated rings. The summed E-state index contributed by atoms with van der Waals surface area (Å²) in [6.45, 7) is 10.4. The molecule has 64 heavy (non-hydrogen) atoms. The second-order valence-corrected chi connectivity index (χ2v) is 15.5. The van der Waals surface area contributed by atoms with Crippen LogP contribution in [0.1, 0.15) is 23.5 Å². The highest BCUT2D eigenvalue weighted by molar-refractivity contribution is 7.86. The van der Waals surface area contributed by atoms with E-state index < -0.39 is 16.2 Å². The number of hydrogen-bond donors (Lipinski definition) is 1. The van der Waals surface area contributed by atoms with Crippen LogP contribution in [0.5, 0.6) is 0 Å². The number of carbonyl (C=O) groups is 1. The van der Waals surface area contributed by atoms with Gasteiger partial charge in [-0.25, -0.2) is 4.79 Å². The van der Waals surface area contributed by atoms with Crippen molar-refractivity contribution >= 4 is 16.2 Å². The Hall–Kier alpha value is -3.60. The van der Waals surface area contributed by atoms with E-state index in [4.69, 9.17) is 61.0 Å². The molecule has 3 aromatic rings. The molecule has 4 rings (SSSR count). The Labute approximate surface area is 378 Å². The Morgan fingerprint density at radius 2 is 0.750 bits per heavy atom. The number of fused-ring (bicyclic) bond motifs is 3. The van der Waals surface area contributed by atoms with E-state index in [0.717, 1.165) is 0 Å². The standard InChI is InChI=1S/C46H67NO16S/c48-46(62-39-45-43-13-6-4-11-41(43)42-12-5-7-14-44(42)45)47-15-8-16-51-17-18-52-19-20-53-21-22-54-23-24-55-25-26-56-27-28-57-29-30-58-31-32-59-33-34-60-35-36-61-37-38-63-64(49,50)40-9-2-1-3-10-40/h1-7,9-14,45H,8,15-39H2,(H,47,48). The first-order chi connectivity index (χ1) is 31.6. The maximum absolute atomic E-state index is 12.3. The van der Waals surface area contributed by atoms with Gasteiger partial charge in [-0.05, 0) is 40.8 Å². The Balaban J connectivity index is 0.763. The lowest BCUT2D eigenvalue weighted by Gasteiger charge is -2.14. The fraction of sp³-hybridized carbons (Fsp3) is 0.587. The van der Waals surface area contributed by atoms with Crippen LogP contribution in [-0.2, 0) is 71.1 Å². The molecule has 0 radical (unpaired) electrons. The summed E-state index contributed by atoms with van der Waals surface area (Å²) in [7, 11) is -3.77. The maximum Gasteiger partial charge on any atom is 0.407 e. The van der Waals surface area contributed by atoms with Crippen LogP contribution >= 0.6 is 0 Å². The number of benzene rings is 3. The maximum atomic E-state index is 12.3. The van der Waals surface area contributed by atoms with Crippen LogP contribution in [0.3, 0.4) is 0 Å². The molecule has 0 saturated heterocycles. The molecule has 1 amide bonds. The molecule has 0 bridgehead atoms. The van der Waals surface area contributed by atoms with Crippen molar-refractivity contribution < 1.29 is 74.2 Å². The van der Waals surface area contributed by atoms with E-state index in [0.29, 0.717) is 158 Å². The largest absolute Gasteiger partial charge is 0.449 e. The summed E-state index contributed by atoms with van der Waals surface area (Å²) in [4.78, 5) is 12.4. The average Bonchev–Trinajstić information content (AvgIpc) is 3.64. The van der Waals surface area contributed by atoms with Gasteiger partial charge < -0.3 is 62.2 Å². The number of alkyl carbamates (subject to hydrolysis) is 1. The fourth-order valence-electron chi connectivity index (χ4n) is 6.17. The van der Waals surface area contributed by atoms with Crippen molar-refractivity contribution in [1.29, 1.82) is 0 Å². The fourth-order valence-corrected chi connectivity index (χ4v) is 7.09. The number of carbonyl (C=O) groups excluding carboxylic acids is 1. The van der Waals surface area contributed by atoms with Crippen LogP contribution in [-0.4, -0.2) is 180 Å². The van der Waals surface area contributed by atoms with Gasteiger partial charge in [0, 0.05) is 19.1 Å². The topological polar surface area (TPSA) is 183 Å². The summed E-state index contributed by atoms with van der Waals surface area (Å²) >= 11 is 0. The summed E-state index contributed by atoms with van der Waals surface area (Å²) in [5.41, 5.74) is 4.78. The lowest BCUT2D eigenvalue weighted by molar-refractivity contribution is -0.0277. The Morgan fingerprint density at radius 3 is 1.14 bits per heavy atom. The number of hydrogen-bond acceptors (Lipinski definition) is 16. The molecule has 3 aromatic carbocycles. The first kappa shape index (κ1) is 53.0. The van der Waals surface area contributed by atoms with Gasteiger partial charge in [-0.2, -0.15) is 8.42 Å². The van der Waals surface area contributed by atoms with Crippen LogP contribution in [0.25, 0.3) is 11.1 Å². The average molecular weight is 922 g/mol. The number of amides is 1. The molecule has 0 spiro atoms. The Bertz CT molecular complexity index is 1690. The van der Waals surface area contributed by atoms with E-state index in [1.165, 1.54) is 34.4 Å². The SMILES string of the molecule is O=C(NCCCOCCOCCOCCOCCOCCOCCOCCOCCOCCOCCOCCOS(=O)(=O)c1ccccc1)OCC1c2ccccc2-c2ccccc21. The van der Waals surface area contributed by atoms with Crippen molar-refractivity contribution in [2.75, 3.05) is 165 Å². The van der Waals surface area contributed by atoms with E-state index in [1.807, 2.05) is 24.3 Å². The molecule has 1 aliphatic carbocycles. The van der Waals surface area contributed by atoms with Crippen molar-refractivity contribution in [2.24, 2.45) is 0 Å². The normalized spacial score (nSPS) is 12.4. The van der Waals surface area contributed by atoms with Gasteiger partial charge >= 0.3 is 6.09 Å². The van der Waals surface area contributed by atoms with E-state index in [-0.39, 0.29) is 24.0 Å². The first-order valence-electron chi connectivity index (χ1n) is 21.9. The molecular formula is C46H67NO16S. The summed E-state index contributed by atoms with van der Waals surface area (Å²) in [5.74, 6) is 0.0417. The molecular weight excluding hydrogens is 855 g/mol. The molecule has 17 nitrogen and oxygen atoms in total. The van der Waals surface area contributed by atoms with Crippen LogP contribution in [0, 0.1) is 0 Å². The van der Waals surface area contributed by atoms with Crippen molar-refractivity contribution in [2.45, 2.75) is 17.2 Å². The number of rotatable bonds is 41. The molecule has 0 unspecified atom stereocenters. The molecule has 1 N–H and O–H groups in total. The van der Waals surface area contributed by atoms with Gasteiger partial charge in [0.2, 0.25) is 0 Å². The quantitative estimate of drug-likeness (QED) is 0.0620. The smallest absolute Gasteiger partial charge is 0.407 e. The molecule has 358 valence electrons. The van der Waals surface area contributed by atoms with Crippen LogP contribution in [0.4, 0.5) is 4.79 Å². The predicted octanol–water partition coefficient (Wildman–Crippen LogP) is 4.50. The molecule has 0 aliphatic heterocycles.